The van der Waals surface area contributed by atoms with Crippen LogP contribution >= 0.6 is 15.9 Å². The molecule has 0 spiro atoms. The van der Waals surface area contributed by atoms with Gasteiger partial charge < -0.3 is 15.8 Å². The highest BCUT2D eigenvalue weighted by Crippen LogP contribution is 2.32. The van der Waals surface area contributed by atoms with Crippen molar-refractivity contribution in [1.82, 2.24) is 0 Å². The average molecular weight is 354 g/mol. The second kappa shape index (κ2) is 6.83. The number of aliphatic imine (C=N–C) groups is 1. The molecule has 1 aromatic rings. The van der Waals surface area contributed by atoms with Crippen molar-refractivity contribution in [3.63, 3.8) is 0 Å². The molecule has 0 saturated carbocycles. The van der Waals surface area contributed by atoms with Gasteiger partial charge in [-0.15, -0.1) is 13.2 Å². The Bertz CT molecular complexity index is 489. The molecule has 0 aliphatic heterocycles. The number of benzene rings is 1. The molecule has 0 aliphatic rings. The van der Waals surface area contributed by atoms with E-state index in [0.29, 0.717) is 16.9 Å². The van der Waals surface area contributed by atoms with E-state index in [-0.39, 0.29) is 17.4 Å². The summed E-state index contributed by atoms with van der Waals surface area (Å²) in [7, 11) is 0. The number of anilines is 1. The summed E-state index contributed by atoms with van der Waals surface area (Å²) in [5, 5.41) is 2.60. The SMILES string of the molecule is CC(C)CN=C(N)Nc1ccc(Br)cc1OC(F)(F)F. The second-order valence-corrected chi connectivity index (χ2v) is 5.35. The number of rotatable bonds is 4. The van der Waals surface area contributed by atoms with Gasteiger partial charge in [-0.1, -0.05) is 29.8 Å². The van der Waals surface area contributed by atoms with Crippen molar-refractivity contribution in [1.29, 1.82) is 0 Å². The van der Waals surface area contributed by atoms with Crippen LogP contribution in [0.4, 0.5) is 18.9 Å². The highest BCUT2D eigenvalue weighted by Gasteiger charge is 2.32. The molecule has 1 rings (SSSR count). The molecule has 0 radical (unpaired) electrons. The number of nitrogens with zero attached hydrogens (tertiary/aromatic N) is 1. The molecule has 0 fully saturated rings. The van der Waals surface area contributed by atoms with E-state index in [9.17, 15) is 13.2 Å². The summed E-state index contributed by atoms with van der Waals surface area (Å²) in [6.45, 7) is 4.38. The summed E-state index contributed by atoms with van der Waals surface area (Å²) < 4.78 is 41.3. The molecule has 20 heavy (non-hydrogen) atoms. The normalized spacial score (nSPS) is 12.7. The van der Waals surface area contributed by atoms with Crippen LogP contribution in [0.15, 0.2) is 27.7 Å². The Hall–Kier alpha value is -1.44. The number of hydrogen-bond donors (Lipinski definition) is 2. The number of ether oxygens (including phenoxy) is 1. The van der Waals surface area contributed by atoms with Gasteiger partial charge in [0.1, 0.15) is 0 Å². The zero-order chi connectivity index (χ0) is 15.3. The van der Waals surface area contributed by atoms with Gasteiger partial charge in [-0.25, -0.2) is 0 Å². The smallest absolute Gasteiger partial charge is 0.404 e. The molecule has 0 saturated heterocycles. The third-order valence-corrected chi connectivity index (χ3v) is 2.55. The van der Waals surface area contributed by atoms with E-state index >= 15 is 0 Å². The number of guanidine groups is 1. The Labute approximate surface area is 123 Å². The highest BCUT2D eigenvalue weighted by molar-refractivity contribution is 9.10. The monoisotopic (exact) mass is 353 g/mol. The average Bonchev–Trinajstić information content (AvgIpc) is 2.28. The van der Waals surface area contributed by atoms with Crippen molar-refractivity contribution in [2.24, 2.45) is 16.6 Å². The van der Waals surface area contributed by atoms with Crippen LogP contribution in [-0.2, 0) is 0 Å². The van der Waals surface area contributed by atoms with Crippen LogP contribution in [-0.4, -0.2) is 18.9 Å². The lowest BCUT2D eigenvalue weighted by atomic mass is 10.2. The van der Waals surface area contributed by atoms with Crippen LogP contribution in [0.5, 0.6) is 5.75 Å². The van der Waals surface area contributed by atoms with Crippen LogP contribution in [0.3, 0.4) is 0 Å². The Morgan fingerprint density at radius 2 is 2.10 bits per heavy atom. The van der Waals surface area contributed by atoms with E-state index in [1.54, 1.807) is 6.07 Å². The van der Waals surface area contributed by atoms with E-state index < -0.39 is 6.36 Å². The van der Waals surface area contributed by atoms with Crippen LogP contribution < -0.4 is 15.8 Å². The van der Waals surface area contributed by atoms with Gasteiger partial charge >= 0.3 is 6.36 Å². The Morgan fingerprint density at radius 3 is 2.65 bits per heavy atom. The maximum atomic E-state index is 12.3. The topological polar surface area (TPSA) is 59.6 Å². The van der Waals surface area contributed by atoms with Crippen molar-refractivity contribution in [2.75, 3.05) is 11.9 Å². The lowest BCUT2D eigenvalue weighted by Gasteiger charge is -2.14. The minimum absolute atomic E-state index is 0.0352. The van der Waals surface area contributed by atoms with Crippen molar-refractivity contribution in [2.45, 2.75) is 20.2 Å². The lowest BCUT2D eigenvalue weighted by Crippen LogP contribution is -2.25. The van der Waals surface area contributed by atoms with E-state index in [1.807, 2.05) is 13.8 Å². The molecule has 112 valence electrons. The molecule has 4 nitrogen and oxygen atoms in total. The van der Waals surface area contributed by atoms with Crippen molar-refractivity contribution in [3.05, 3.63) is 22.7 Å². The number of nitrogens with one attached hydrogen (secondary N) is 1. The zero-order valence-electron chi connectivity index (χ0n) is 11.0. The molecule has 8 heteroatoms. The van der Waals surface area contributed by atoms with Gasteiger partial charge in [0.25, 0.3) is 0 Å². The number of halogens is 4. The van der Waals surface area contributed by atoms with Crippen LogP contribution in [0.2, 0.25) is 0 Å². The van der Waals surface area contributed by atoms with Gasteiger partial charge in [0, 0.05) is 11.0 Å². The second-order valence-electron chi connectivity index (χ2n) is 4.43. The fraction of sp³-hybridized carbons (Fsp3) is 0.417. The number of nitrogens with two attached hydrogens (primary N) is 1. The van der Waals surface area contributed by atoms with Crippen LogP contribution in [0.25, 0.3) is 0 Å². The fourth-order valence-electron chi connectivity index (χ4n) is 1.27. The maximum absolute atomic E-state index is 12.3. The first-order chi connectivity index (χ1) is 9.17. The largest absolute Gasteiger partial charge is 0.573 e. The van der Waals surface area contributed by atoms with Crippen LogP contribution in [0.1, 0.15) is 13.8 Å². The van der Waals surface area contributed by atoms with Crippen molar-refractivity contribution in [3.8, 4) is 5.75 Å². The first-order valence-electron chi connectivity index (χ1n) is 5.79. The molecule has 0 unspecified atom stereocenters. The van der Waals surface area contributed by atoms with E-state index in [0.717, 1.165) is 0 Å². The molecule has 0 bridgehead atoms. The molecule has 0 aromatic heterocycles. The number of hydrogen-bond acceptors (Lipinski definition) is 2. The van der Waals surface area contributed by atoms with Gasteiger partial charge in [0.05, 0.1) is 5.69 Å². The Morgan fingerprint density at radius 1 is 1.45 bits per heavy atom. The van der Waals surface area contributed by atoms with Gasteiger partial charge in [-0.3, -0.25) is 4.99 Å². The summed E-state index contributed by atoms with van der Waals surface area (Å²) in [5.74, 6) is -0.0474. The first-order valence-corrected chi connectivity index (χ1v) is 6.59. The van der Waals surface area contributed by atoms with Gasteiger partial charge in [0.15, 0.2) is 11.7 Å². The molecular weight excluding hydrogens is 339 g/mol. The third kappa shape index (κ3) is 6.14. The van der Waals surface area contributed by atoms with Crippen molar-refractivity contribution < 1.29 is 17.9 Å². The predicted molar refractivity (Wildman–Crippen MR) is 75.8 cm³/mol. The fourth-order valence-corrected chi connectivity index (χ4v) is 1.61. The zero-order valence-corrected chi connectivity index (χ0v) is 12.5. The molecule has 0 atom stereocenters. The number of alkyl halides is 3. The van der Waals surface area contributed by atoms with E-state index in [2.05, 4.69) is 31.0 Å². The van der Waals surface area contributed by atoms with Gasteiger partial charge in [-0.2, -0.15) is 0 Å². The van der Waals surface area contributed by atoms with Crippen LogP contribution in [0, 0.1) is 5.92 Å². The third-order valence-electron chi connectivity index (χ3n) is 2.06. The minimum Gasteiger partial charge on any atom is -0.404 e. The summed E-state index contributed by atoms with van der Waals surface area (Å²) in [4.78, 5) is 4.01. The maximum Gasteiger partial charge on any atom is 0.573 e. The Kier molecular flexibility index (Phi) is 5.67. The standard InChI is InChI=1S/C12H15BrF3N3O/c1-7(2)6-18-11(17)19-9-4-3-8(13)5-10(9)20-12(14,15)16/h3-5,7H,6H2,1-2H3,(H3,17,18,19). The first kappa shape index (κ1) is 16.6. The lowest BCUT2D eigenvalue weighted by molar-refractivity contribution is -0.274. The van der Waals surface area contributed by atoms with Gasteiger partial charge in [-0.05, 0) is 24.1 Å². The summed E-state index contributed by atoms with van der Waals surface area (Å²) in [5.41, 5.74) is 5.71. The van der Waals surface area contributed by atoms with Gasteiger partial charge in [0.2, 0.25) is 0 Å². The summed E-state index contributed by atoms with van der Waals surface area (Å²) in [6, 6.07) is 4.19. The van der Waals surface area contributed by atoms with E-state index in [4.69, 9.17) is 5.73 Å². The molecule has 0 heterocycles. The quantitative estimate of drug-likeness (QED) is 0.640. The highest BCUT2D eigenvalue weighted by atomic mass is 79.9. The summed E-state index contributed by atoms with van der Waals surface area (Å²) >= 11 is 3.08. The predicted octanol–water partition coefficient (Wildman–Crippen LogP) is 3.73. The van der Waals surface area contributed by atoms with Crippen molar-refractivity contribution >= 4 is 27.6 Å². The molecule has 1 aromatic carbocycles. The molecule has 0 amide bonds. The molecule has 0 aliphatic carbocycles. The Balaban J connectivity index is 2.91. The minimum atomic E-state index is -4.78. The summed E-state index contributed by atoms with van der Waals surface area (Å²) in [6.07, 6.45) is -4.78. The van der Waals surface area contributed by atoms with E-state index in [1.165, 1.54) is 12.1 Å². The molecule has 3 N–H and O–H groups in total. The molecular formula is C12H15BrF3N3O.